The SMILES string of the molecule is CCc1nnc(CN2CCCC2c2nc3ccccc3s2)o1. The minimum atomic E-state index is 0.370. The zero-order chi connectivity index (χ0) is 14.9. The second-order valence-electron chi connectivity index (χ2n) is 5.59. The van der Waals surface area contributed by atoms with Crippen molar-refractivity contribution in [1.29, 1.82) is 0 Å². The van der Waals surface area contributed by atoms with Crippen molar-refractivity contribution in [2.24, 2.45) is 0 Å². The van der Waals surface area contributed by atoms with Crippen LogP contribution in [0.1, 0.15) is 42.6 Å². The number of aryl methyl sites for hydroxylation is 1. The third-order valence-corrected chi connectivity index (χ3v) is 5.25. The highest BCUT2D eigenvalue weighted by molar-refractivity contribution is 7.18. The maximum Gasteiger partial charge on any atom is 0.230 e. The number of benzene rings is 1. The summed E-state index contributed by atoms with van der Waals surface area (Å²) < 4.78 is 6.92. The number of hydrogen-bond donors (Lipinski definition) is 0. The first-order valence-corrected chi connectivity index (χ1v) is 8.56. The van der Waals surface area contributed by atoms with Crippen molar-refractivity contribution in [3.63, 3.8) is 0 Å². The van der Waals surface area contributed by atoms with Crippen LogP contribution in [-0.2, 0) is 13.0 Å². The lowest BCUT2D eigenvalue weighted by Crippen LogP contribution is -2.22. The molecule has 1 aliphatic rings. The predicted molar refractivity (Wildman–Crippen MR) is 85.7 cm³/mol. The summed E-state index contributed by atoms with van der Waals surface area (Å²) in [5, 5.41) is 9.40. The summed E-state index contributed by atoms with van der Waals surface area (Å²) in [5.41, 5.74) is 1.10. The van der Waals surface area contributed by atoms with Crippen molar-refractivity contribution in [2.75, 3.05) is 6.54 Å². The maximum atomic E-state index is 5.66. The molecule has 2 aromatic heterocycles. The summed E-state index contributed by atoms with van der Waals surface area (Å²) in [6.07, 6.45) is 3.12. The van der Waals surface area contributed by atoms with Crippen LogP contribution in [0.2, 0.25) is 0 Å². The maximum absolute atomic E-state index is 5.66. The zero-order valence-corrected chi connectivity index (χ0v) is 13.3. The molecule has 1 unspecified atom stereocenters. The van der Waals surface area contributed by atoms with Gasteiger partial charge in [-0.05, 0) is 31.5 Å². The Bertz CT molecular complexity index is 748. The van der Waals surface area contributed by atoms with E-state index in [1.54, 1.807) is 11.3 Å². The van der Waals surface area contributed by atoms with Crippen LogP contribution in [0, 0.1) is 0 Å². The molecule has 0 saturated carbocycles. The number of fused-ring (bicyclic) bond motifs is 1. The van der Waals surface area contributed by atoms with Gasteiger partial charge in [0.15, 0.2) is 0 Å². The van der Waals surface area contributed by atoms with Gasteiger partial charge in [-0.2, -0.15) is 0 Å². The first kappa shape index (κ1) is 13.8. The molecule has 6 heteroatoms. The average molecular weight is 314 g/mol. The van der Waals surface area contributed by atoms with E-state index in [0.717, 1.165) is 24.9 Å². The first-order chi connectivity index (χ1) is 10.8. The molecule has 0 radical (unpaired) electrons. The quantitative estimate of drug-likeness (QED) is 0.737. The van der Waals surface area contributed by atoms with Crippen LogP contribution in [0.25, 0.3) is 10.2 Å². The molecule has 0 N–H and O–H groups in total. The minimum absolute atomic E-state index is 0.370. The van der Waals surface area contributed by atoms with Gasteiger partial charge in [0.25, 0.3) is 0 Å². The molecule has 0 aliphatic carbocycles. The molecule has 3 aromatic rings. The fraction of sp³-hybridized carbons (Fsp3) is 0.438. The van der Waals surface area contributed by atoms with E-state index in [1.165, 1.54) is 16.1 Å². The Morgan fingerprint density at radius 3 is 2.95 bits per heavy atom. The molecule has 5 nitrogen and oxygen atoms in total. The number of hydrogen-bond acceptors (Lipinski definition) is 6. The van der Waals surface area contributed by atoms with Crippen molar-refractivity contribution in [3.8, 4) is 0 Å². The highest BCUT2D eigenvalue weighted by atomic mass is 32.1. The van der Waals surface area contributed by atoms with Crippen molar-refractivity contribution in [1.82, 2.24) is 20.1 Å². The van der Waals surface area contributed by atoms with Crippen LogP contribution in [0.5, 0.6) is 0 Å². The van der Waals surface area contributed by atoms with Gasteiger partial charge in [0, 0.05) is 6.42 Å². The van der Waals surface area contributed by atoms with Crippen LogP contribution in [0.15, 0.2) is 28.7 Å². The molecule has 1 aromatic carbocycles. The Balaban J connectivity index is 1.57. The fourth-order valence-corrected chi connectivity index (χ4v) is 4.13. The smallest absolute Gasteiger partial charge is 0.230 e. The second-order valence-corrected chi connectivity index (χ2v) is 6.65. The van der Waals surface area contributed by atoms with Gasteiger partial charge in [-0.1, -0.05) is 19.1 Å². The second kappa shape index (κ2) is 5.78. The van der Waals surface area contributed by atoms with Crippen LogP contribution in [0.3, 0.4) is 0 Å². The van der Waals surface area contributed by atoms with Crippen molar-refractivity contribution in [2.45, 2.75) is 38.8 Å². The van der Waals surface area contributed by atoms with Crippen LogP contribution in [-0.4, -0.2) is 26.6 Å². The van der Waals surface area contributed by atoms with Gasteiger partial charge >= 0.3 is 0 Å². The summed E-state index contributed by atoms with van der Waals surface area (Å²) in [5.74, 6) is 1.43. The molecule has 1 fully saturated rings. The van der Waals surface area contributed by atoms with E-state index in [1.807, 2.05) is 13.0 Å². The van der Waals surface area contributed by atoms with Crippen LogP contribution >= 0.6 is 11.3 Å². The Morgan fingerprint density at radius 1 is 1.27 bits per heavy atom. The zero-order valence-electron chi connectivity index (χ0n) is 12.5. The summed E-state index contributed by atoms with van der Waals surface area (Å²) in [6, 6.07) is 8.71. The van der Waals surface area contributed by atoms with Crippen LogP contribution < -0.4 is 0 Å². The van der Waals surface area contributed by atoms with E-state index in [0.29, 0.717) is 24.4 Å². The molecule has 4 rings (SSSR count). The average Bonchev–Trinajstić information content (AvgIpc) is 3.25. The molecular weight excluding hydrogens is 296 g/mol. The largest absolute Gasteiger partial charge is 0.424 e. The third-order valence-electron chi connectivity index (χ3n) is 4.11. The van der Waals surface area contributed by atoms with Crippen molar-refractivity contribution in [3.05, 3.63) is 41.1 Å². The Kier molecular flexibility index (Phi) is 3.63. The van der Waals surface area contributed by atoms with E-state index in [2.05, 4.69) is 33.3 Å². The van der Waals surface area contributed by atoms with E-state index in [4.69, 9.17) is 9.40 Å². The Hall–Kier alpha value is -1.79. The number of thiazole rings is 1. The number of nitrogens with zero attached hydrogens (tertiary/aromatic N) is 4. The monoisotopic (exact) mass is 314 g/mol. The van der Waals surface area contributed by atoms with Crippen molar-refractivity contribution < 1.29 is 4.42 Å². The molecule has 1 aliphatic heterocycles. The highest BCUT2D eigenvalue weighted by Crippen LogP contribution is 2.37. The standard InChI is InChI=1S/C16H18N4OS/c1-2-14-18-19-15(21-14)10-20-9-5-7-12(20)16-17-11-6-3-4-8-13(11)22-16/h3-4,6,8,12H,2,5,7,9-10H2,1H3. The normalized spacial score (nSPS) is 19.2. The lowest BCUT2D eigenvalue weighted by Gasteiger charge is -2.20. The van der Waals surface area contributed by atoms with E-state index in [9.17, 15) is 0 Å². The lowest BCUT2D eigenvalue weighted by atomic mass is 10.2. The minimum Gasteiger partial charge on any atom is -0.424 e. The van der Waals surface area contributed by atoms with Crippen molar-refractivity contribution >= 4 is 21.6 Å². The lowest BCUT2D eigenvalue weighted by molar-refractivity contribution is 0.221. The van der Waals surface area contributed by atoms with Gasteiger partial charge in [0.05, 0.1) is 22.8 Å². The number of likely N-dealkylation sites (tertiary alicyclic amines) is 1. The molecular formula is C16H18N4OS. The molecule has 0 bridgehead atoms. The van der Waals surface area contributed by atoms with Gasteiger partial charge in [0.1, 0.15) is 5.01 Å². The predicted octanol–water partition coefficient (Wildman–Crippen LogP) is 3.58. The van der Waals surface area contributed by atoms with Gasteiger partial charge < -0.3 is 4.42 Å². The Morgan fingerprint density at radius 2 is 2.14 bits per heavy atom. The molecule has 1 atom stereocenters. The van der Waals surface area contributed by atoms with Gasteiger partial charge in [-0.25, -0.2) is 4.98 Å². The summed E-state index contributed by atoms with van der Waals surface area (Å²) in [6.45, 7) is 3.80. The highest BCUT2D eigenvalue weighted by Gasteiger charge is 2.29. The topological polar surface area (TPSA) is 55.1 Å². The van der Waals surface area contributed by atoms with E-state index < -0.39 is 0 Å². The van der Waals surface area contributed by atoms with E-state index in [-0.39, 0.29) is 0 Å². The van der Waals surface area contributed by atoms with E-state index >= 15 is 0 Å². The van der Waals surface area contributed by atoms with Gasteiger partial charge in [-0.3, -0.25) is 4.90 Å². The summed E-state index contributed by atoms with van der Waals surface area (Å²) in [4.78, 5) is 7.23. The number of para-hydroxylation sites is 1. The number of rotatable bonds is 4. The van der Waals surface area contributed by atoms with Gasteiger partial charge in [-0.15, -0.1) is 21.5 Å². The molecule has 3 heterocycles. The molecule has 22 heavy (non-hydrogen) atoms. The first-order valence-electron chi connectivity index (χ1n) is 7.74. The van der Waals surface area contributed by atoms with Gasteiger partial charge in [0.2, 0.25) is 11.8 Å². The Labute approximate surface area is 133 Å². The number of aromatic nitrogens is 3. The van der Waals surface area contributed by atoms with Crippen LogP contribution in [0.4, 0.5) is 0 Å². The fourth-order valence-electron chi connectivity index (χ4n) is 3.00. The third kappa shape index (κ3) is 2.53. The molecule has 114 valence electrons. The molecule has 0 spiro atoms. The molecule has 1 saturated heterocycles. The molecule has 0 amide bonds. The summed E-state index contributed by atoms with van der Waals surface area (Å²) in [7, 11) is 0. The summed E-state index contributed by atoms with van der Waals surface area (Å²) >= 11 is 1.80.